The second-order valence-corrected chi connectivity index (χ2v) is 14.0. The van der Waals surface area contributed by atoms with Crippen molar-refractivity contribution in [2.45, 2.75) is 0 Å². The maximum atomic E-state index is 5.55. The molecule has 11 rings (SSSR count). The van der Waals surface area contributed by atoms with Crippen LogP contribution >= 0.6 is 11.3 Å². The molecular weight excluding hydrogens is 641 g/mol. The van der Waals surface area contributed by atoms with Gasteiger partial charge in [0.1, 0.15) is 0 Å². The molecule has 0 aliphatic rings. The van der Waals surface area contributed by atoms with Crippen LogP contribution < -0.4 is 0 Å². The lowest BCUT2D eigenvalue weighted by molar-refractivity contribution is 1.02. The first-order valence-electron chi connectivity index (χ1n) is 17.2. The van der Waals surface area contributed by atoms with Crippen LogP contribution in [0.15, 0.2) is 170 Å². The highest BCUT2D eigenvalue weighted by atomic mass is 32.1. The molecule has 238 valence electrons. The van der Waals surface area contributed by atoms with Gasteiger partial charge in [-0.1, -0.05) is 127 Å². The second-order valence-electron chi connectivity index (χ2n) is 13.0. The number of rotatable bonds is 4. The first kappa shape index (κ1) is 28.3. The third kappa shape index (κ3) is 4.19. The Morgan fingerprint density at radius 3 is 1.90 bits per heavy atom. The number of thiophene rings is 1. The highest BCUT2D eigenvalue weighted by molar-refractivity contribution is 7.26. The Labute approximate surface area is 297 Å². The topological polar surface area (TPSA) is 35.6 Å². The molecule has 4 heterocycles. The number of fused-ring (bicyclic) bond motifs is 10. The number of benzene rings is 7. The molecule has 11 aromatic rings. The largest absolute Gasteiger partial charge is 0.309 e. The first-order valence-corrected chi connectivity index (χ1v) is 18.0. The fourth-order valence-electron chi connectivity index (χ4n) is 7.92. The monoisotopic (exact) mass is 668 g/mol. The van der Waals surface area contributed by atoms with Crippen molar-refractivity contribution in [2.75, 3.05) is 0 Å². The molecule has 0 saturated heterocycles. The molecule has 7 aromatic carbocycles. The van der Waals surface area contributed by atoms with Crippen molar-refractivity contribution in [3.8, 4) is 34.0 Å². The van der Waals surface area contributed by atoms with E-state index in [1.807, 2.05) is 0 Å². The standard InChI is InChI=1S/C46H28N4S/c1-3-14-29(15-4-1)30-16-13-17-31(28-30)42-45-43(36-22-9-12-25-40(36)51-45)48-46(47-42)50-37-23-10-7-20-33(37)34-26-27-39-41(44(34)50)35-21-8-11-24-38(35)49(39)32-18-5-2-6-19-32/h1-28H. The molecular formula is C46H28N4S. The summed E-state index contributed by atoms with van der Waals surface area (Å²) in [5, 5.41) is 5.89. The van der Waals surface area contributed by atoms with Crippen molar-refractivity contribution in [3.63, 3.8) is 0 Å². The molecule has 51 heavy (non-hydrogen) atoms. The fourth-order valence-corrected chi connectivity index (χ4v) is 9.08. The van der Waals surface area contributed by atoms with Crippen LogP contribution in [0.4, 0.5) is 0 Å². The van der Waals surface area contributed by atoms with Crippen molar-refractivity contribution < 1.29 is 0 Å². The molecule has 0 atom stereocenters. The molecule has 0 unspecified atom stereocenters. The Morgan fingerprint density at radius 1 is 0.431 bits per heavy atom. The van der Waals surface area contributed by atoms with Gasteiger partial charge in [-0.25, -0.2) is 9.97 Å². The minimum atomic E-state index is 0.668. The summed E-state index contributed by atoms with van der Waals surface area (Å²) in [5.74, 6) is 0.668. The van der Waals surface area contributed by atoms with Crippen LogP contribution in [0.2, 0.25) is 0 Å². The highest BCUT2D eigenvalue weighted by Crippen LogP contribution is 2.44. The molecule has 0 saturated carbocycles. The lowest BCUT2D eigenvalue weighted by atomic mass is 10.0. The van der Waals surface area contributed by atoms with Gasteiger partial charge in [-0.3, -0.25) is 4.57 Å². The molecule has 4 aromatic heterocycles. The smallest absolute Gasteiger partial charge is 0.235 e. The SMILES string of the molecule is c1ccc(-c2cccc(-c3nc(-n4c5ccccc5c5ccc6c(c7ccccc7n6-c6ccccc6)c54)nc4c3sc3ccccc34)c2)cc1. The van der Waals surface area contributed by atoms with Crippen molar-refractivity contribution in [1.29, 1.82) is 0 Å². The van der Waals surface area contributed by atoms with Gasteiger partial charge in [0.25, 0.3) is 0 Å². The van der Waals surface area contributed by atoms with Crippen LogP contribution in [-0.4, -0.2) is 19.1 Å². The summed E-state index contributed by atoms with van der Waals surface area (Å²) in [6, 6.07) is 60.5. The normalized spacial score (nSPS) is 11.9. The zero-order valence-corrected chi connectivity index (χ0v) is 28.2. The molecule has 4 nitrogen and oxygen atoms in total. The van der Waals surface area contributed by atoms with Crippen molar-refractivity contribution in [2.24, 2.45) is 0 Å². The van der Waals surface area contributed by atoms with Gasteiger partial charge in [-0.05, 0) is 53.6 Å². The lowest BCUT2D eigenvalue weighted by Crippen LogP contribution is -2.03. The number of hydrogen-bond donors (Lipinski definition) is 0. The maximum Gasteiger partial charge on any atom is 0.235 e. The van der Waals surface area contributed by atoms with Gasteiger partial charge in [0.2, 0.25) is 5.95 Å². The van der Waals surface area contributed by atoms with Gasteiger partial charge in [0, 0.05) is 42.9 Å². The van der Waals surface area contributed by atoms with Crippen LogP contribution in [0.3, 0.4) is 0 Å². The predicted molar refractivity (Wildman–Crippen MR) is 214 cm³/mol. The Kier molecular flexibility index (Phi) is 6.09. The number of aromatic nitrogens is 4. The van der Waals surface area contributed by atoms with Crippen LogP contribution in [0.5, 0.6) is 0 Å². The molecule has 5 heteroatoms. The zero-order valence-electron chi connectivity index (χ0n) is 27.4. The first-order chi connectivity index (χ1) is 25.3. The molecule has 0 fully saturated rings. The second kappa shape index (κ2) is 11.0. The van der Waals surface area contributed by atoms with E-state index in [-0.39, 0.29) is 0 Å². The minimum absolute atomic E-state index is 0.668. The van der Waals surface area contributed by atoms with Gasteiger partial charge in [-0.15, -0.1) is 11.3 Å². The van der Waals surface area contributed by atoms with Crippen molar-refractivity contribution in [1.82, 2.24) is 19.1 Å². The Hall–Kier alpha value is -6.56. The average molecular weight is 669 g/mol. The molecule has 0 N–H and O–H groups in total. The number of nitrogens with zero attached hydrogens (tertiary/aromatic N) is 4. The van der Waals surface area contributed by atoms with Gasteiger partial charge >= 0.3 is 0 Å². The summed E-state index contributed by atoms with van der Waals surface area (Å²) in [4.78, 5) is 11.0. The van der Waals surface area contributed by atoms with E-state index in [2.05, 4.69) is 179 Å². The predicted octanol–water partition coefficient (Wildman–Crippen LogP) is 12.4. The van der Waals surface area contributed by atoms with Gasteiger partial charge in [0.15, 0.2) is 0 Å². The fraction of sp³-hybridized carbons (Fsp3) is 0. The Balaban J connectivity index is 1.29. The number of para-hydroxylation sites is 3. The van der Waals surface area contributed by atoms with E-state index in [1.54, 1.807) is 11.3 Å². The molecule has 0 aliphatic heterocycles. The van der Waals surface area contributed by atoms with E-state index >= 15 is 0 Å². The highest BCUT2D eigenvalue weighted by Gasteiger charge is 2.24. The van der Waals surface area contributed by atoms with Gasteiger partial charge in [0.05, 0.1) is 38.0 Å². The quantitative estimate of drug-likeness (QED) is 0.187. The van der Waals surface area contributed by atoms with E-state index in [0.29, 0.717) is 5.95 Å². The number of hydrogen-bond acceptors (Lipinski definition) is 3. The summed E-state index contributed by atoms with van der Waals surface area (Å²) < 4.78 is 6.99. The third-order valence-corrected chi connectivity index (χ3v) is 11.3. The van der Waals surface area contributed by atoms with Crippen LogP contribution in [-0.2, 0) is 0 Å². The molecule has 0 bridgehead atoms. The summed E-state index contributed by atoms with van der Waals surface area (Å²) in [6.45, 7) is 0. The van der Waals surface area contributed by atoms with E-state index in [9.17, 15) is 0 Å². The Morgan fingerprint density at radius 2 is 1.08 bits per heavy atom. The van der Waals surface area contributed by atoms with Gasteiger partial charge < -0.3 is 4.57 Å². The minimum Gasteiger partial charge on any atom is -0.309 e. The molecule has 0 amide bonds. The van der Waals surface area contributed by atoms with E-state index in [1.165, 1.54) is 37.3 Å². The zero-order chi connectivity index (χ0) is 33.5. The summed E-state index contributed by atoms with van der Waals surface area (Å²) in [5.41, 5.74) is 11.0. The molecule has 0 radical (unpaired) electrons. The van der Waals surface area contributed by atoms with E-state index in [0.717, 1.165) is 54.7 Å². The lowest BCUT2D eigenvalue weighted by Gasteiger charge is -2.12. The third-order valence-electron chi connectivity index (χ3n) is 10.1. The van der Waals surface area contributed by atoms with Crippen molar-refractivity contribution in [3.05, 3.63) is 170 Å². The van der Waals surface area contributed by atoms with Crippen LogP contribution in [0.25, 0.3) is 97.9 Å². The van der Waals surface area contributed by atoms with Crippen LogP contribution in [0, 0.1) is 0 Å². The van der Waals surface area contributed by atoms with Gasteiger partial charge in [-0.2, -0.15) is 0 Å². The maximum absolute atomic E-state index is 5.55. The molecule has 0 spiro atoms. The van der Waals surface area contributed by atoms with E-state index < -0.39 is 0 Å². The van der Waals surface area contributed by atoms with Crippen LogP contribution in [0.1, 0.15) is 0 Å². The average Bonchev–Trinajstić information content (AvgIpc) is 3.86. The Bertz CT molecular complexity index is 3130. The molecule has 0 aliphatic carbocycles. The van der Waals surface area contributed by atoms with E-state index in [4.69, 9.17) is 9.97 Å². The summed E-state index contributed by atoms with van der Waals surface area (Å²) >= 11 is 1.77. The van der Waals surface area contributed by atoms with Crippen molar-refractivity contribution >= 4 is 75.3 Å². The summed E-state index contributed by atoms with van der Waals surface area (Å²) in [6.07, 6.45) is 0. The summed E-state index contributed by atoms with van der Waals surface area (Å²) in [7, 11) is 0.